The van der Waals surface area contributed by atoms with Gasteiger partial charge in [-0.25, -0.2) is 8.42 Å². The summed E-state index contributed by atoms with van der Waals surface area (Å²) in [7, 11) is -3.85. The number of hydrogen-bond acceptors (Lipinski definition) is 5. The molecule has 2 aromatic carbocycles. The molecule has 0 saturated carbocycles. The van der Waals surface area contributed by atoms with Crippen molar-refractivity contribution >= 4 is 56.4 Å². The average molecular weight is 500 g/mol. The fourth-order valence-electron chi connectivity index (χ4n) is 3.28. The Labute approximate surface area is 196 Å². The van der Waals surface area contributed by atoms with Crippen molar-refractivity contribution in [1.29, 1.82) is 0 Å². The van der Waals surface area contributed by atoms with Gasteiger partial charge in [-0.2, -0.15) is 0 Å². The molecule has 1 atom stereocenters. The lowest BCUT2D eigenvalue weighted by molar-refractivity contribution is -0.114. The number of carbonyl (C=O) groups is 2. The number of nitrogens with one attached hydrogen (secondary N) is 2. The highest BCUT2D eigenvalue weighted by molar-refractivity contribution is 7.92. The first-order valence-electron chi connectivity index (χ1n) is 9.86. The van der Waals surface area contributed by atoms with Gasteiger partial charge < -0.3 is 15.4 Å². The lowest BCUT2D eigenvalue weighted by atomic mass is 10.1. The highest BCUT2D eigenvalue weighted by Gasteiger charge is 2.24. The Morgan fingerprint density at radius 2 is 1.94 bits per heavy atom. The molecule has 0 bridgehead atoms. The number of nitrogens with zero attached hydrogens (tertiary/aromatic N) is 1. The Bertz CT molecular complexity index is 1100. The molecule has 32 heavy (non-hydrogen) atoms. The van der Waals surface area contributed by atoms with Gasteiger partial charge in [-0.15, -0.1) is 0 Å². The zero-order valence-corrected chi connectivity index (χ0v) is 19.6. The molecule has 3 rings (SSSR count). The minimum atomic E-state index is -3.85. The van der Waals surface area contributed by atoms with Crippen molar-refractivity contribution in [1.82, 2.24) is 5.32 Å². The molecule has 11 heteroatoms. The zero-order valence-electron chi connectivity index (χ0n) is 17.3. The second-order valence-electron chi connectivity index (χ2n) is 7.30. The summed E-state index contributed by atoms with van der Waals surface area (Å²) in [5.41, 5.74) is 0.595. The molecule has 0 radical (unpaired) electrons. The van der Waals surface area contributed by atoms with Crippen LogP contribution in [0.2, 0.25) is 10.0 Å². The predicted molar refractivity (Wildman–Crippen MR) is 125 cm³/mol. The topological polar surface area (TPSA) is 105 Å². The molecule has 8 nitrogen and oxygen atoms in total. The number of hydrogen-bond donors (Lipinski definition) is 2. The SMILES string of the molecule is CS(=O)(=O)N(CC(=O)Nc1ccccc1C(=O)NC[C@H]1CCCO1)c1cc(Cl)ccc1Cl. The van der Waals surface area contributed by atoms with E-state index in [-0.39, 0.29) is 39.0 Å². The number of halogens is 2. The maximum absolute atomic E-state index is 12.7. The molecule has 1 heterocycles. The Morgan fingerprint density at radius 1 is 1.19 bits per heavy atom. The van der Waals surface area contributed by atoms with Crippen LogP contribution in [0.4, 0.5) is 11.4 Å². The van der Waals surface area contributed by atoms with Crippen LogP contribution in [0, 0.1) is 0 Å². The molecule has 172 valence electrons. The van der Waals surface area contributed by atoms with Gasteiger partial charge in [-0.3, -0.25) is 13.9 Å². The highest BCUT2D eigenvalue weighted by Crippen LogP contribution is 2.30. The van der Waals surface area contributed by atoms with Gasteiger partial charge in [0.2, 0.25) is 15.9 Å². The number of carbonyl (C=O) groups excluding carboxylic acids is 2. The fourth-order valence-corrected chi connectivity index (χ4v) is 4.57. The van der Waals surface area contributed by atoms with Crippen molar-refractivity contribution in [2.75, 3.05) is 35.6 Å². The highest BCUT2D eigenvalue weighted by atomic mass is 35.5. The summed E-state index contributed by atoms with van der Waals surface area (Å²) in [6.45, 7) is 0.502. The minimum absolute atomic E-state index is 0.0218. The molecule has 0 spiro atoms. The Morgan fingerprint density at radius 3 is 2.62 bits per heavy atom. The van der Waals surface area contributed by atoms with Crippen molar-refractivity contribution < 1.29 is 22.7 Å². The smallest absolute Gasteiger partial charge is 0.253 e. The molecule has 0 aliphatic carbocycles. The van der Waals surface area contributed by atoms with Gasteiger partial charge in [-0.05, 0) is 43.2 Å². The Kier molecular flexibility index (Phi) is 8.00. The molecule has 2 amide bonds. The van der Waals surface area contributed by atoms with Gasteiger partial charge in [0, 0.05) is 18.2 Å². The van der Waals surface area contributed by atoms with Crippen LogP contribution >= 0.6 is 23.2 Å². The summed E-state index contributed by atoms with van der Waals surface area (Å²) in [5.74, 6) is -1.01. The van der Waals surface area contributed by atoms with E-state index in [1.165, 1.54) is 18.2 Å². The van der Waals surface area contributed by atoms with E-state index < -0.39 is 22.5 Å². The summed E-state index contributed by atoms with van der Waals surface area (Å²) in [6, 6.07) is 10.8. The van der Waals surface area contributed by atoms with E-state index in [2.05, 4.69) is 10.6 Å². The molecule has 1 fully saturated rings. The number of rotatable bonds is 8. The number of para-hydroxylation sites is 1. The Balaban J connectivity index is 1.74. The molecule has 2 N–H and O–H groups in total. The van der Waals surface area contributed by atoms with E-state index in [0.29, 0.717) is 13.2 Å². The van der Waals surface area contributed by atoms with E-state index in [1.54, 1.807) is 24.3 Å². The third kappa shape index (κ3) is 6.35. The van der Waals surface area contributed by atoms with Gasteiger partial charge in [0.25, 0.3) is 5.91 Å². The fraction of sp³-hybridized carbons (Fsp3) is 0.333. The average Bonchev–Trinajstić information content (AvgIpc) is 3.25. The molecule has 1 saturated heterocycles. The normalized spacial score (nSPS) is 15.9. The van der Waals surface area contributed by atoms with Gasteiger partial charge in [0.05, 0.1) is 34.3 Å². The number of ether oxygens (including phenoxy) is 1. The van der Waals surface area contributed by atoms with E-state index >= 15 is 0 Å². The third-order valence-electron chi connectivity index (χ3n) is 4.82. The summed E-state index contributed by atoms with van der Waals surface area (Å²) in [6.07, 6.45) is 2.78. The predicted octanol–water partition coefficient (Wildman–Crippen LogP) is 3.31. The van der Waals surface area contributed by atoms with Crippen molar-refractivity contribution in [3.63, 3.8) is 0 Å². The van der Waals surface area contributed by atoms with Gasteiger partial charge >= 0.3 is 0 Å². The number of amides is 2. The van der Waals surface area contributed by atoms with Gasteiger partial charge in [0.1, 0.15) is 6.54 Å². The first-order chi connectivity index (χ1) is 15.1. The van der Waals surface area contributed by atoms with E-state index in [0.717, 1.165) is 23.4 Å². The monoisotopic (exact) mass is 499 g/mol. The largest absolute Gasteiger partial charge is 0.376 e. The van der Waals surface area contributed by atoms with Crippen molar-refractivity contribution in [2.45, 2.75) is 18.9 Å². The molecule has 1 aliphatic heterocycles. The second-order valence-corrected chi connectivity index (χ2v) is 10.1. The summed E-state index contributed by atoms with van der Waals surface area (Å²) < 4.78 is 31.0. The maximum atomic E-state index is 12.7. The summed E-state index contributed by atoms with van der Waals surface area (Å²) in [4.78, 5) is 25.4. The Hall–Kier alpha value is -2.33. The van der Waals surface area contributed by atoms with Crippen LogP contribution in [-0.4, -0.2) is 52.3 Å². The molecule has 0 aromatic heterocycles. The van der Waals surface area contributed by atoms with Crippen LogP contribution in [0.5, 0.6) is 0 Å². The van der Waals surface area contributed by atoms with Crippen LogP contribution in [-0.2, 0) is 19.6 Å². The van der Waals surface area contributed by atoms with Crippen molar-refractivity contribution in [2.24, 2.45) is 0 Å². The van der Waals surface area contributed by atoms with Crippen LogP contribution in [0.15, 0.2) is 42.5 Å². The minimum Gasteiger partial charge on any atom is -0.376 e. The third-order valence-corrected chi connectivity index (χ3v) is 6.51. The van der Waals surface area contributed by atoms with E-state index in [1.807, 2.05) is 0 Å². The van der Waals surface area contributed by atoms with Crippen LogP contribution < -0.4 is 14.9 Å². The van der Waals surface area contributed by atoms with E-state index in [9.17, 15) is 18.0 Å². The quantitative estimate of drug-likeness (QED) is 0.579. The molecule has 0 unspecified atom stereocenters. The van der Waals surface area contributed by atoms with Crippen molar-refractivity contribution in [3.8, 4) is 0 Å². The standard InChI is InChI=1S/C21H23Cl2N3O5S/c1-32(29,30)26(19-11-14(22)8-9-17(19)23)13-20(27)25-18-7-3-2-6-16(18)21(28)24-12-15-5-4-10-31-15/h2-3,6-9,11,15H,4-5,10,12-13H2,1H3,(H,24,28)(H,25,27)/t15-/m1/s1. The summed E-state index contributed by atoms with van der Waals surface area (Å²) >= 11 is 12.1. The van der Waals surface area contributed by atoms with Crippen LogP contribution in [0.1, 0.15) is 23.2 Å². The first kappa shape index (κ1) is 24.3. The van der Waals surface area contributed by atoms with Crippen LogP contribution in [0.25, 0.3) is 0 Å². The van der Waals surface area contributed by atoms with Gasteiger partial charge in [0.15, 0.2) is 0 Å². The lowest BCUT2D eigenvalue weighted by Gasteiger charge is -2.23. The van der Waals surface area contributed by atoms with Crippen LogP contribution in [0.3, 0.4) is 0 Å². The van der Waals surface area contributed by atoms with Gasteiger partial charge in [-0.1, -0.05) is 35.3 Å². The molecule has 2 aromatic rings. The lowest BCUT2D eigenvalue weighted by Crippen LogP contribution is -2.38. The first-order valence-corrected chi connectivity index (χ1v) is 12.5. The molecular formula is C21H23Cl2N3O5S. The van der Waals surface area contributed by atoms with E-state index in [4.69, 9.17) is 27.9 Å². The molecular weight excluding hydrogens is 477 g/mol. The number of benzene rings is 2. The molecule has 1 aliphatic rings. The summed E-state index contributed by atoms with van der Waals surface area (Å²) in [5, 5.41) is 5.81. The number of sulfonamides is 1. The maximum Gasteiger partial charge on any atom is 0.253 e. The number of anilines is 2. The second kappa shape index (κ2) is 10.5. The zero-order chi connectivity index (χ0) is 23.3. The van der Waals surface area contributed by atoms with Crippen molar-refractivity contribution in [3.05, 3.63) is 58.1 Å².